The number of hydrogen-bond acceptors (Lipinski definition) is 4. The maximum absolute atomic E-state index is 12.6. The van der Waals surface area contributed by atoms with Gasteiger partial charge in [-0.05, 0) is 32.6 Å². The van der Waals surface area contributed by atoms with Gasteiger partial charge in [-0.15, -0.1) is 0 Å². The summed E-state index contributed by atoms with van der Waals surface area (Å²) in [5.74, 6) is 0. The van der Waals surface area contributed by atoms with Crippen molar-refractivity contribution in [3.8, 4) is 0 Å². The standard InChI is InChI=1S/C15H20Cl2N4O2S/c1-10-14(15(17)21(4)19-10)24(22,23)18-9-13(20(2)3)11-7-5-6-8-12(11)16/h5-8,13,18H,9H2,1-4H3. The first kappa shape index (κ1) is 19.2. The SMILES string of the molecule is Cc1nn(C)c(Cl)c1S(=O)(=O)NCC(c1ccccc1Cl)N(C)C. The molecule has 1 heterocycles. The molecule has 0 saturated carbocycles. The van der Waals surface area contributed by atoms with Crippen LogP contribution in [-0.2, 0) is 17.1 Å². The first-order chi connectivity index (χ1) is 11.1. The molecule has 0 spiro atoms. The predicted molar refractivity (Wildman–Crippen MR) is 96.0 cm³/mol. The van der Waals surface area contributed by atoms with Crippen LogP contribution in [0, 0.1) is 6.92 Å². The van der Waals surface area contributed by atoms with Gasteiger partial charge in [-0.25, -0.2) is 13.1 Å². The van der Waals surface area contributed by atoms with Crippen molar-refractivity contribution in [1.82, 2.24) is 19.4 Å². The molecule has 1 aromatic carbocycles. The smallest absolute Gasteiger partial charge is 0.245 e. The molecule has 1 unspecified atom stereocenters. The maximum atomic E-state index is 12.6. The van der Waals surface area contributed by atoms with Gasteiger partial charge < -0.3 is 4.90 Å². The summed E-state index contributed by atoms with van der Waals surface area (Å²) in [6.07, 6.45) is 0. The predicted octanol–water partition coefficient (Wildman–Crippen LogP) is 2.62. The summed E-state index contributed by atoms with van der Waals surface area (Å²) < 4.78 is 29.2. The second kappa shape index (κ2) is 7.41. The van der Waals surface area contributed by atoms with Gasteiger partial charge in [0.15, 0.2) is 0 Å². The lowest BCUT2D eigenvalue weighted by molar-refractivity contribution is 0.299. The topological polar surface area (TPSA) is 67.2 Å². The highest BCUT2D eigenvalue weighted by molar-refractivity contribution is 7.89. The van der Waals surface area contributed by atoms with Crippen LogP contribution in [0.2, 0.25) is 10.2 Å². The summed E-state index contributed by atoms with van der Waals surface area (Å²) in [4.78, 5) is 1.91. The Bertz CT molecular complexity index is 834. The van der Waals surface area contributed by atoms with E-state index in [0.717, 1.165) is 5.56 Å². The van der Waals surface area contributed by atoms with E-state index >= 15 is 0 Å². The van der Waals surface area contributed by atoms with Gasteiger partial charge in [0, 0.05) is 24.7 Å². The monoisotopic (exact) mass is 390 g/mol. The molecule has 1 atom stereocenters. The second-order valence-electron chi connectivity index (χ2n) is 5.68. The number of aromatic nitrogens is 2. The Labute approximate surface area is 152 Å². The van der Waals surface area contributed by atoms with Crippen LogP contribution >= 0.6 is 23.2 Å². The molecule has 1 aromatic heterocycles. The summed E-state index contributed by atoms with van der Waals surface area (Å²) in [5, 5.41) is 4.72. The number of nitrogens with zero attached hydrogens (tertiary/aromatic N) is 3. The van der Waals surface area contributed by atoms with Crippen molar-refractivity contribution < 1.29 is 8.42 Å². The molecule has 0 aliphatic heterocycles. The van der Waals surface area contributed by atoms with Crippen molar-refractivity contribution in [3.63, 3.8) is 0 Å². The lowest BCUT2D eigenvalue weighted by atomic mass is 10.1. The Morgan fingerprint density at radius 2 is 1.92 bits per heavy atom. The molecule has 0 aliphatic carbocycles. The average molecular weight is 391 g/mol. The molecule has 132 valence electrons. The largest absolute Gasteiger partial charge is 0.301 e. The van der Waals surface area contributed by atoms with E-state index < -0.39 is 10.0 Å². The molecule has 6 nitrogen and oxygen atoms in total. The van der Waals surface area contributed by atoms with Gasteiger partial charge in [0.05, 0.1) is 5.69 Å². The third-order valence-corrected chi connectivity index (χ3v) is 6.19. The molecular weight excluding hydrogens is 371 g/mol. The fourth-order valence-electron chi connectivity index (χ4n) is 2.49. The van der Waals surface area contributed by atoms with E-state index in [1.165, 1.54) is 4.68 Å². The molecule has 0 amide bonds. The van der Waals surface area contributed by atoms with Gasteiger partial charge in [0.2, 0.25) is 10.0 Å². The second-order valence-corrected chi connectivity index (χ2v) is 8.15. The molecule has 1 N–H and O–H groups in total. The van der Waals surface area contributed by atoms with Crippen LogP contribution in [0.3, 0.4) is 0 Å². The van der Waals surface area contributed by atoms with Crippen molar-refractivity contribution >= 4 is 33.2 Å². The molecule has 2 rings (SSSR count). The van der Waals surface area contributed by atoms with Crippen LogP contribution in [0.4, 0.5) is 0 Å². The maximum Gasteiger partial charge on any atom is 0.245 e. The zero-order valence-corrected chi connectivity index (χ0v) is 16.2. The quantitative estimate of drug-likeness (QED) is 0.822. The number of rotatable bonds is 6. The van der Waals surface area contributed by atoms with E-state index in [4.69, 9.17) is 23.2 Å². The van der Waals surface area contributed by atoms with Crippen LogP contribution < -0.4 is 4.72 Å². The first-order valence-electron chi connectivity index (χ1n) is 7.24. The number of benzene rings is 1. The summed E-state index contributed by atoms with van der Waals surface area (Å²) in [5.41, 5.74) is 1.20. The van der Waals surface area contributed by atoms with Gasteiger partial charge >= 0.3 is 0 Å². The Morgan fingerprint density at radius 1 is 1.29 bits per heavy atom. The number of sulfonamides is 1. The summed E-state index contributed by atoms with van der Waals surface area (Å²) in [6, 6.07) is 7.15. The highest BCUT2D eigenvalue weighted by Crippen LogP contribution is 2.27. The summed E-state index contributed by atoms with van der Waals surface area (Å²) in [6.45, 7) is 1.77. The van der Waals surface area contributed by atoms with Gasteiger partial charge in [-0.2, -0.15) is 5.10 Å². The van der Waals surface area contributed by atoms with Crippen LogP contribution in [0.5, 0.6) is 0 Å². The Balaban J connectivity index is 2.28. The van der Waals surface area contributed by atoms with E-state index in [0.29, 0.717) is 10.7 Å². The van der Waals surface area contributed by atoms with E-state index in [2.05, 4.69) is 9.82 Å². The zero-order chi connectivity index (χ0) is 18.1. The highest BCUT2D eigenvalue weighted by Gasteiger charge is 2.27. The average Bonchev–Trinajstić information content (AvgIpc) is 2.74. The van der Waals surface area contributed by atoms with Gasteiger partial charge in [0.1, 0.15) is 10.0 Å². The van der Waals surface area contributed by atoms with E-state index in [1.807, 2.05) is 37.2 Å². The van der Waals surface area contributed by atoms with Crippen molar-refractivity contribution in [1.29, 1.82) is 0 Å². The molecule has 0 saturated heterocycles. The van der Waals surface area contributed by atoms with Crippen LogP contribution in [0.1, 0.15) is 17.3 Å². The molecule has 0 radical (unpaired) electrons. The minimum atomic E-state index is -3.79. The van der Waals surface area contributed by atoms with Gasteiger partial charge in [0.25, 0.3) is 0 Å². The van der Waals surface area contributed by atoms with Crippen LogP contribution in [-0.4, -0.2) is 43.7 Å². The molecule has 0 aliphatic rings. The molecule has 24 heavy (non-hydrogen) atoms. The third kappa shape index (κ3) is 3.92. The lowest BCUT2D eigenvalue weighted by Gasteiger charge is -2.25. The molecule has 0 bridgehead atoms. The third-order valence-electron chi connectivity index (χ3n) is 3.72. The fraction of sp³-hybridized carbons (Fsp3) is 0.400. The number of hydrogen-bond donors (Lipinski definition) is 1. The fourth-order valence-corrected chi connectivity index (χ4v) is 4.54. The number of aryl methyl sites for hydroxylation is 2. The highest BCUT2D eigenvalue weighted by atomic mass is 35.5. The molecule has 9 heteroatoms. The number of nitrogens with one attached hydrogen (secondary N) is 1. The minimum absolute atomic E-state index is 0.00308. The minimum Gasteiger partial charge on any atom is -0.301 e. The van der Waals surface area contributed by atoms with E-state index in [-0.39, 0.29) is 22.6 Å². The zero-order valence-electron chi connectivity index (χ0n) is 13.9. The first-order valence-corrected chi connectivity index (χ1v) is 9.48. The Morgan fingerprint density at radius 3 is 2.42 bits per heavy atom. The van der Waals surface area contributed by atoms with Gasteiger partial charge in [-0.1, -0.05) is 41.4 Å². The molecular formula is C15H20Cl2N4O2S. The van der Waals surface area contributed by atoms with Crippen molar-refractivity contribution in [2.75, 3.05) is 20.6 Å². The number of halogens is 2. The summed E-state index contributed by atoms with van der Waals surface area (Å²) in [7, 11) is 1.54. The van der Waals surface area contributed by atoms with E-state index in [9.17, 15) is 8.42 Å². The van der Waals surface area contributed by atoms with Crippen LogP contribution in [0.15, 0.2) is 29.2 Å². The normalized spacial score (nSPS) is 13.5. The van der Waals surface area contributed by atoms with E-state index in [1.54, 1.807) is 20.0 Å². The van der Waals surface area contributed by atoms with Crippen LogP contribution in [0.25, 0.3) is 0 Å². The lowest BCUT2D eigenvalue weighted by Crippen LogP contribution is -2.35. The number of likely N-dealkylation sites (N-methyl/N-ethyl adjacent to an activating group) is 1. The molecule has 2 aromatic rings. The van der Waals surface area contributed by atoms with Crippen molar-refractivity contribution in [2.24, 2.45) is 7.05 Å². The Hall–Kier alpha value is -1.12. The summed E-state index contributed by atoms with van der Waals surface area (Å²) >= 11 is 12.3. The van der Waals surface area contributed by atoms with Crippen molar-refractivity contribution in [2.45, 2.75) is 17.9 Å². The van der Waals surface area contributed by atoms with Crippen molar-refractivity contribution in [3.05, 3.63) is 45.7 Å². The molecule has 0 fully saturated rings. The van der Waals surface area contributed by atoms with Gasteiger partial charge in [-0.3, -0.25) is 4.68 Å². The Kier molecular flexibility index (Phi) is 5.93.